The van der Waals surface area contributed by atoms with Crippen LogP contribution in [0.3, 0.4) is 0 Å². The smallest absolute Gasteiger partial charge is 0.235 e. The molecule has 0 amide bonds. The lowest BCUT2D eigenvalue weighted by atomic mass is 10.0. The molecule has 0 aliphatic carbocycles. The summed E-state index contributed by atoms with van der Waals surface area (Å²) < 4.78 is 17.5. The monoisotopic (exact) mass is 493 g/mol. The zero-order chi connectivity index (χ0) is 24.6. The highest BCUT2D eigenvalue weighted by Gasteiger charge is 2.42. The van der Waals surface area contributed by atoms with E-state index in [4.69, 9.17) is 9.97 Å². The van der Waals surface area contributed by atoms with Gasteiger partial charge in [-0.1, -0.05) is 97.1 Å². The standard InChI is InChI=1S/C32H20N3OP/c36-37(22-11-2-1-3-12-22)29-17-9-6-13-23(29)24-18-19-28-30(31(24)37)25-14-5-8-16-27(25)35(28)32-33-20-21-10-4-7-15-26(21)34-32/h1-20H. The van der Waals surface area contributed by atoms with E-state index >= 15 is 4.57 Å². The third-order valence-electron chi connectivity index (χ3n) is 7.46. The minimum absolute atomic E-state index is 0.606. The number of fused-ring (bicyclic) bond motifs is 8. The third kappa shape index (κ3) is 2.71. The number of hydrogen-bond donors (Lipinski definition) is 0. The molecule has 0 bridgehead atoms. The molecule has 5 aromatic carbocycles. The average Bonchev–Trinajstić information content (AvgIpc) is 3.44. The summed E-state index contributed by atoms with van der Waals surface area (Å²) in [6.45, 7) is 0. The molecule has 4 nitrogen and oxygen atoms in total. The molecule has 0 radical (unpaired) electrons. The second-order valence-electron chi connectivity index (χ2n) is 9.40. The van der Waals surface area contributed by atoms with Crippen LogP contribution in [-0.4, -0.2) is 14.5 Å². The Morgan fingerprint density at radius 3 is 2.32 bits per heavy atom. The minimum Gasteiger partial charge on any atom is -0.309 e. The van der Waals surface area contributed by atoms with E-state index in [1.165, 1.54) is 0 Å². The van der Waals surface area contributed by atoms with Gasteiger partial charge in [-0.2, -0.15) is 0 Å². The molecular formula is C32H20N3OP. The molecule has 1 aliphatic heterocycles. The van der Waals surface area contributed by atoms with Gasteiger partial charge in [0, 0.05) is 38.3 Å². The number of nitrogens with zero attached hydrogens (tertiary/aromatic N) is 3. The summed E-state index contributed by atoms with van der Waals surface area (Å²) in [6.07, 6.45) is 1.87. The molecule has 1 atom stereocenters. The van der Waals surface area contributed by atoms with Crippen LogP contribution in [0.1, 0.15) is 0 Å². The molecule has 0 saturated carbocycles. The van der Waals surface area contributed by atoms with Gasteiger partial charge in [-0.15, -0.1) is 0 Å². The highest BCUT2D eigenvalue weighted by molar-refractivity contribution is 7.86. The van der Waals surface area contributed by atoms with Crippen LogP contribution in [0.2, 0.25) is 0 Å². The van der Waals surface area contributed by atoms with Crippen molar-refractivity contribution in [1.29, 1.82) is 0 Å². The largest absolute Gasteiger partial charge is 0.309 e. The first-order chi connectivity index (χ1) is 18.2. The fraction of sp³-hybridized carbons (Fsp3) is 0. The molecule has 2 aromatic heterocycles. The Hall–Kier alpha value is -4.53. The van der Waals surface area contributed by atoms with E-state index in [2.05, 4.69) is 34.9 Å². The molecule has 1 unspecified atom stereocenters. The van der Waals surface area contributed by atoms with Crippen LogP contribution >= 0.6 is 7.14 Å². The molecule has 7 aromatic rings. The van der Waals surface area contributed by atoms with Crippen molar-refractivity contribution in [2.24, 2.45) is 0 Å². The zero-order valence-electron chi connectivity index (χ0n) is 19.7. The van der Waals surface area contributed by atoms with Crippen LogP contribution in [0.15, 0.2) is 121 Å². The van der Waals surface area contributed by atoms with E-state index in [9.17, 15) is 0 Å². The van der Waals surface area contributed by atoms with E-state index in [1.807, 2.05) is 91.1 Å². The Kier molecular flexibility index (Phi) is 4.18. The predicted octanol–water partition coefficient (Wildman–Crippen LogP) is 6.35. The van der Waals surface area contributed by atoms with Gasteiger partial charge in [-0.25, -0.2) is 9.97 Å². The molecule has 0 saturated heterocycles. The summed E-state index contributed by atoms with van der Waals surface area (Å²) >= 11 is 0. The Balaban J connectivity index is 1.54. The Bertz CT molecular complexity index is 2080. The lowest BCUT2D eigenvalue weighted by Gasteiger charge is -2.17. The fourth-order valence-corrected chi connectivity index (χ4v) is 9.16. The van der Waals surface area contributed by atoms with Crippen molar-refractivity contribution in [2.75, 3.05) is 0 Å². The Morgan fingerprint density at radius 2 is 1.41 bits per heavy atom. The lowest BCUT2D eigenvalue weighted by Crippen LogP contribution is -2.21. The van der Waals surface area contributed by atoms with Crippen molar-refractivity contribution in [1.82, 2.24) is 14.5 Å². The number of aromatic nitrogens is 3. The van der Waals surface area contributed by atoms with Gasteiger partial charge in [-0.05, 0) is 29.3 Å². The van der Waals surface area contributed by atoms with Crippen molar-refractivity contribution >= 4 is 55.8 Å². The summed E-state index contributed by atoms with van der Waals surface area (Å²) in [4.78, 5) is 9.69. The van der Waals surface area contributed by atoms with E-state index in [1.54, 1.807) is 0 Å². The summed E-state index contributed by atoms with van der Waals surface area (Å²) in [7, 11) is -3.12. The molecule has 8 rings (SSSR count). The Morgan fingerprint density at radius 1 is 0.649 bits per heavy atom. The number of benzene rings is 5. The molecular weight excluding hydrogens is 473 g/mol. The van der Waals surface area contributed by atoms with Crippen LogP contribution in [-0.2, 0) is 4.57 Å². The van der Waals surface area contributed by atoms with Crippen molar-refractivity contribution in [3.63, 3.8) is 0 Å². The van der Waals surface area contributed by atoms with Gasteiger partial charge in [0.1, 0.15) is 0 Å². The normalized spacial score (nSPS) is 16.3. The van der Waals surface area contributed by atoms with Crippen LogP contribution < -0.4 is 15.9 Å². The van der Waals surface area contributed by atoms with Crippen LogP contribution in [0, 0.1) is 0 Å². The summed E-state index contributed by atoms with van der Waals surface area (Å²) in [6, 6.07) is 38.6. The molecule has 3 heterocycles. The fourth-order valence-electron chi connectivity index (χ4n) is 5.87. The van der Waals surface area contributed by atoms with Gasteiger partial charge in [-0.3, -0.25) is 4.57 Å². The Labute approximate surface area is 213 Å². The zero-order valence-corrected chi connectivity index (χ0v) is 20.6. The third-order valence-corrected chi connectivity index (χ3v) is 10.6. The molecule has 0 N–H and O–H groups in total. The summed E-state index contributed by atoms with van der Waals surface area (Å²) in [5, 5.41) is 5.73. The quantitative estimate of drug-likeness (QED) is 0.264. The first-order valence-corrected chi connectivity index (χ1v) is 14.0. The van der Waals surface area contributed by atoms with Gasteiger partial charge >= 0.3 is 0 Å². The van der Waals surface area contributed by atoms with E-state index in [0.717, 1.165) is 59.7 Å². The first kappa shape index (κ1) is 20.6. The van der Waals surface area contributed by atoms with Crippen LogP contribution in [0.5, 0.6) is 0 Å². The predicted molar refractivity (Wildman–Crippen MR) is 152 cm³/mol. The minimum atomic E-state index is -3.12. The molecule has 174 valence electrons. The van der Waals surface area contributed by atoms with Gasteiger partial charge < -0.3 is 4.57 Å². The highest BCUT2D eigenvalue weighted by Crippen LogP contribution is 2.54. The van der Waals surface area contributed by atoms with Crippen molar-refractivity contribution in [3.8, 4) is 17.1 Å². The molecule has 0 fully saturated rings. The summed E-state index contributed by atoms with van der Waals surface area (Å²) in [5.41, 5.74) is 4.93. The number of para-hydroxylation sites is 2. The van der Waals surface area contributed by atoms with Gasteiger partial charge in [0.05, 0.1) is 16.6 Å². The first-order valence-electron chi connectivity index (χ1n) is 12.3. The molecule has 0 spiro atoms. The number of hydrogen-bond acceptors (Lipinski definition) is 3. The van der Waals surface area contributed by atoms with Crippen molar-refractivity contribution in [2.45, 2.75) is 0 Å². The number of rotatable bonds is 2. The van der Waals surface area contributed by atoms with Crippen LogP contribution in [0.4, 0.5) is 0 Å². The molecule has 5 heteroatoms. The van der Waals surface area contributed by atoms with Gasteiger partial charge in [0.15, 0.2) is 7.14 Å². The average molecular weight is 494 g/mol. The second-order valence-corrected chi connectivity index (χ2v) is 12.1. The maximum absolute atomic E-state index is 15.4. The maximum Gasteiger partial charge on any atom is 0.235 e. The topological polar surface area (TPSA) is 47.8 Å². The highest BCUT2D eigenvalue weighted by atomic mass is 31.2. The van der Waals surface area contributed by atoms with E-state index in [0.29, 0.717) is 5.95 Å². The maximum atomic E-state index is 15.4. The van der Waals surface area contributed by atoms with Gasteiger partial charge in [0.25, 0.3) is 0 Å². The second kappa shape index (κ2) is 7.49. The van der Waals surface area contributed by atoms with Gasteiger partial charge in [0.2, 0.25) is 5.95 Å². The van der Waals surface area contributed by atoms with E-state index < -0.39 is 7.14 Å². The van der Waals surface area contributed by atoms with Crippen LogP contribution in [0.25, 0.3) is 49.8 Å². The lowest BCUT2D eigenvalue weighted by molar-refractivity contribution is 0.593. The molecule has 37 heavy (non-hydrogen) atoms. The van der Waals surface area contributed by atoms with Crippen molar-refractivity contribution < 1.29 is 4.57 Å². The SMILES string of the molecule is O=P1(c2ccccc2)c2ccccc2-c2ccc3c(c21)c1ccccc1n3-c1ncc2ccccc2n1. The van der Waals surface area contributed by atoms with E-state index in [-0.39, 0.29) is 0 Å². The summed E-state index contributed by atoms with van der Waals surface area (Å²) in [5.74, 6) is 0.606. The van der Waals surface area contributed by atoms with Crippen molar-refractivity contribution in [3.05, 3.63) is 121 Å². The molecule has 1 aliphatic rings.